The summed E-state index contributed by atoms with van der Waals surface area (Å²) in [5.41, 5.74) is 0.365. The van der Waals surface area contributed by atoms with E-state index in [1.165, 1.54) is 6.07 Å². The summed E-state index contributed by atoms with van der Waals surface area (Å²) in [4.78, 5) is 0. The molecule has 0 spiro atoms. The number of hydrogen-bond donors (Lipinski definition) is 1. The highest BCUT2D eigenvalue weighted by Crippen LogP contribution is 2.36. The van der Waals surface area contributed by atoms with Crippen molar-refractivity contribution in [3.8, 4) is 0 Å². The Bertz CT molecular complexity index is 553. The second kappa shape index (κ2) is 5.33. The van der Waals surface area contributed by atoms with Gasteiger partial charge in [0.1, 0.15) is 5.76 Å². The lowest BCUT2D eigenvalue weighted by molar-refractivity contribution is 0.241. The van der Waals surface area contributed by atoms with E-state index < -0.39 is 0 Å². The summed E-state index contributed by atoms with van der Waals surface area (Å²) >= 11 is 0. The Hall–Kier alpha value is -1.35. The molecule has 19 heavy (non-hydrogen) atoms. The molecule has 1 aromatic heterocycles. The molecule has 1 unspecified atom stereocenters. The van der Waals surface area contributed by atoms with E-state index in [1.807, 2.05) is 12.1 Å². The Balaban J connectivity index is 2.41. The van der Waals surface area contributed by atoms with Crippen LogP contribution >= 0.6 is 0 Å². The summed E-state index contributed by atoms with van der Waals surface area (Å²) in [6.45, 7) is 9.52. The van der Waals surface area contributed by atoms with E-state index in [9.17, 15) is 4.39 Å². The number of halogens is 1. The van der Waals surface area contributed by atoms with Crippen molar-refractivity contribution in [3.63, 3.8) is 0 Å². The van der Waals surface area contributed by atoms with Crippen molar-refractivity contribution in [2.45, 2.75) is 40.2 Å². The van der Waals surface area contributed by atoms with Gasteiger partial charge in [-0.15, -0.1) is 0 Å². The maximum Gasteiger partial charge on any atom is 0.169 e. The Morgan fingerprint density at radius 2 is 2.05 bits per heavy atom. The zero-order chi connectivity index (χ0) is 14.0. The smallest absolute Gasteiger partial charge is 0.169 e. The number of fused-ring (bicyclic) bond motifs is 1. The van der Waals surface area contributed by atoms with Crippen molar-refractivity contribution in [2.24, 2.45) is 5.41 Å². The molecule has 3 heteroatoms. The molecule has 0 fully saturated rings. The van der Waals surface area contributed by atoms with Gasteiger partial charge in [-0.25, -0.2) is 4.39 Å². The first-order chi connectivity index (χ1) is 8.93. The molecule has 1 heterocycles. The van der Waals surface area contributed by atoms with Gasteiger partial charge in [-0.2, -0.15) is 0 Å². The van der Waals surface area contributed by atoms with Gasteiger partial charge in [0.25, 0.3) is 0 Å². The maximum atomic E-state index is 13.7. The highest BCUT2D eigenvalue weighted by molar-refractivity contribution is 5.78. The second-order valence-electron chi connectivity index (χ2n) is 6.06. The van der Waals surface area contributed by atoms with E-state index in [1.54, 1.807) is 6.07 Å². The minimum Gasteiger partial charge on any atom is -0.456 e. The fraction of sp³-hybridized carbons (Fsp3) is 0.500. The van der Waals surface area contributed by atoms with Crippen molar-refractivity contribution in [2.75, 3.05) is 6.54 Å². The molecule has 1 aromatic carbocycles. The summed E-state index contributed by atoms with van der Waals surface area (Å²) in [7, 11) is 0. The molecule has 0 saturated heterocycles. The summed E-state index contributed by atoms with van der Waals surface area (Å²) in [6.07, 6.45) is 1.06. The van der Waals surface area contributed by atoms with Gasteiger partial charge in [-0.1, -0.05) is 39.8 Å². The van der Waals surface area contributed by atoms with Crippen LogP contribution in [0.1, 0.15) is 45.9 Å². The van der Waals surface area contributed by atoms with Crippen molar-refractivity contribution in [1.29, 1.82) is 0 Å². The minimum atomic E-state index is -0.299. The monoisotopic (exact) mass is 263 g/mol. The minimum absolute atomic E-state index is 0.0134. The number of para-hydroxylation sites is 1. The van der Waals surface area contributed by atoms with Gasteiger partial charge in [-0.3, -0.25) is 0 Å². The summed E-state index contributed by atoms with van der Waals surface area (Å²) < 4.78 is 19.4. The molecule has 2 rings (SSSR count). The van der Waals surface area contributed by atoms with E-state index in [-0.39, 0.29) is 17.3 Å². The third-order valence-electron chi connectivity index (χ3n) is 3.26. The maximum absolute atomic E-state index is 13.7. The van der Waals surface area contributed by atoms with Gasteiger partial charge >= 0.3 is 0 Å². The van der Waals surface area contributed by atoms with Gasteiger partial charge in [-0.05, 0) is 30.5 Å². The second-order valence-corrected chi connectivity index (χ2v) is 6.06. The van der Waals surface area contributed by atoms with Crippen LogP contribution in [0.2, 0.25) is 0 Å². The molecule has 1 N–H and O–H groups in total. The Kier molecular flexibility index (Phi) is 3.95. The van der Waals surface area contributed by atoms with E-state index in [4.69, 9.17) is 4.42 Å². The van der Waals surface area contributed by atoms with Gasteiger partial charge in [0.05, 0.1) is 6.04 Å². The Morgan fingerprint density at radius 1 is 1.32 bits per heavy atom. The van der Waals surface area contributed by atoms with Crippen LogP contribution in [0.5, 0.6) is 0 Å². The van der Waals surface area contributed by atoms with E-state index >= 15 is 0 Å². The van der Waals surface area contributed by atoms with Crippen LogP contribution in [0, 0.1) is 11.2 Å². The van der Waals surface area contributed by atoms with Crippen molar-refractivity contribution >= 4 is 11.0 Å². The Labute approximate surface area is 114 Å². The molecule has 0 saturated carbocycles. The highest BCUT2D eigenvalue weighted by atomic mass is 19.1. The van der Waals surface area contributed by atoms with Crippen LogP contribution in [0.4, 0.5) is 4.39 Å². The molecule has 0 aliphatic heterocycles. The standard InChI is InChI=1S/C16H22FNO/c1-5-9-18-15(16(2,3)4)13-10-11-7-6-8-12(17)14(11)19-13/h6-8,10,15,18H,5,9H2,1-4H3. The first-order valence-electron chi connectivity index (χ1n) is 6.85. The zero-order valence-corrected chi connectivity index (χ0v) is 12.1. The normalized spacial score (nSPS) is 13.9. The molecular weight excluding hydrogens is 241 g/mol. The molecule has 2 nitrogen and oxygen atoms in total. The quantitative estimate of drug-likeness (QED) is 0.868. The SMILES string of the molecule is CCCNC(c1cc2cccc(F)c2o1)C(C)(C)C. The van der Waals surface area contributed by atoms with Crippen LogP contribution in [-0.2, 0) is 0 Å². The van der Waals surface area contributed by atoms with E-state index in [2.05, 4.69) is 33.0 Å². The van der Waals surface area contributed by atoms with Crippen LogP contribution < -0.4 is 5.32 Å². The summed E-state index contributed by atoms with van der Waals surface area (Å²) in [6, 6.07) is 7.05. The number of rotatable bonds is 4. The fourth-order valence-corrected chi connectivity index (χ4v) is 2.31. The highest BCUT2D eigenvalue weighted by Gasteiger charge is 2.28. The molecule has 2 aromatic rings. The van der Waals surface area contributed by atoms with Crippen molar-refractivity contribution in [1.82, 2.24) is 5.32 Å². The van der Waals surface area contributed by atoms with Crippen LogP contribution in [0.15, 0.2) is 28.7 Å². The molecule has 0 radical (unpaired) electrons. The van der Waals surface area contributed by atoms with Crippen LogP contribution in [0.3, 0.4) is 0 Å². The third kappa shape index (κ3) is 2.98. The van der Waals surface area contributed by atoms with E-state index in [0.29, 0.717) is 5.58 Å². The number of nitrogens with one attached hydrogen (secondary N) is 1. The molecule has 0 aliphatic rings. The van der Waals surface area contributed by atoms with Crippen LogP contribution in [0.25, 0.3) is 11.0 Å². The molecule has 1 atom stereocenters. The van der Waals surface area contributed by atoms with Gasteiger partial charge in [0.15, 0.2) is 11.4 Å². The Morgan fingerprint density at radius 3 is 2.63 bits per heavy atom. The van der Waals surface area contributed by atoms with Gasteiger partial charge < -0.3 is 9.73 Å². The molecular formula is C16H22FNO. The fourth-order valence-electron chi connectivity index (χ4n) is 2.31. The molecule has 0 bridgehead atoms. The first-order valence-corrected chi connectivity index (χ1v) is 6.85. The predicted molar refractivity (Wildman–Crippen MR) is 76.7 cm³/mol. The van der Waals surface area contributed by atoms with E-state index in [0.717, 1.165) is 24.1 Å². The first kappa shape index (κ1) is 14.1. The topological polar surface area (TPSA) is 25.2 Å². The lowest BCUT2D eigenvalue weighted by Crippen LogP contribution is -2.32. The average Bonchev–Trinajstić information content (AvgIpc) is 2.73. The van der Waals surface area contributed by atoms with Crippen molar-refractivity contribution < 1.29 is 8.81 Å². The lowest BCUT2D eigenvalue weighted by atomic mass is 9.85. The summed E-state index contributed by atoms with van der Waals surface area (Å²) in [5, 5.41) is 4.31. The largest absolute Gasteiger partial charge is 0.456 e. The molecule has 0 amide bonds. The number of benzene rings is 1. The number of furan rings is 1. The average molecular weight is 263 g/mol. The van der Waals surface area contributed by atoms with Crippen LogP contribution in [-0.4, -0.2) is 6.54 Å². The van der Waals surface area contributed by atoms with Gasteiger partial charge in [0.2, 0.25) is 0 Å². The lowest BCUT2D eigenvalue weighted by Gasteiger charge is -2.29. The number of hydrogen-bond acceptors (Lipinski definition) is 2. The van der Waals surface area contributed by atoms with Crippen molar-refractivity contribution in [3.05, 3.63) is 35.8 Å². The summed E-state index contributed by atoms with van der Waals surface area (Å²) in [5.74, 6) is 0.507. The predicted octanol–water partition coefficient (Wildman–Crippen LogP) is 4.66. The molecule has 104 valence electrons. The molecule has 0 aliphatic carbocycles. The third-order valence-corrected chi connectivity index (χ3v) is 3.26. The zero-order valence-electron chi connectivity index (χ0n) is 12.1. The van der Waals surface area contributed by atoms with Gasteiger partial charge in [0, 0.05) is 5.39 Å².